The van der Waals surface area contributed by atoms with Crippen molar-refractivity contribution < 1.29 is 17.9 Å². The van der Waals surface area contributed by atoms with Gasteiger partial charge >= 0.3 is 0 Å². The zero-order valence-corrected chi connectivity index (χ0v) is 16.6. The fourth-order valence-electron chi connectivity index (χ4n) is 3.13. The highest BCUT2D eigenvalue weighted by Gasteiger charge is 2.20. The van der Waals surface area contributed by atoms with E-state index in [9.17, 15) is 8.42 Å². The molecule has 146 valence electrons. The third-order valence-corrected chi connectivity index (χ3v) is 6.10. The van der Waals surface area contributed by atoms with Crippen LogP contribution in [0, 0.1) is 6.92 Å². The topological polar surface area (TPSA) is 67.9 Å². The van der Waals surface area contributed by atoms with Gasteiger partial charge in [0.05, 0.1) is 20.3 Å². The van der Waals surface area contributed by atoms with Crippen LogP contribution in [0.5, 0.6) is 5.75 Å². The molecule has 7 heteroatoms. The second-order valence-corrected chi connectivity index (χ2v) is 8.37. The van der Waals surface area contributed by atoms with Gasteiger partial charge in [-0.15, -0.1) is 0 Å². The normalized spacial score (nSPS) is 15.6. The lowest BCUT2D eigenvalue weighted by Gasteiger charge is -2.27. The van der Waals surface area contributed by atoms with Crippen molar-refractivity contribution in [2.24, 2.45) is 0 Å². The van der Waals surface area contributed by atoms with E-state index in [0.717, 1.165) is 49.5 Å². The van der Waals surface area contributed by atoms with Crippen LogP contribution in [0.2, 0.25) is 0 Å². The van der Waals surface area contributed by atoms with Crippen LogP contribution in [0.3, 0.4) is 0 Å². The van der Waals surface area contributed by atoms with E-state index in [1.54, 1.807) is 12.1 Å². The Kier molecular flexibility index (Phi) is 6.49. The first-order valence-corrected chi connectivity index (χ1v) is 10.5. The van der Waals surface area contributed by atoms with Gasteiger partial charge in [0.25, 0.3) is 0 Å². The van der Waals surface area contributed by atoms with Gasteiger partial charge in [0.1, 0.15) is 10.6 Å². The van der Waals surface area contributed by atoms with Crippen molar-refractivity contribution in [1.29, 1.82) is 0 Å². The van der Waals surface area contributed by atoms with Gasteiger partial charge in [0.15, 0.2) is 0 Å². The Morgan fingerprint density at radius 3 is 2.52 bits per heavy atom. The summed E-state index contributed by atoms with van der Waals surface area (Å²) in [5, 5.41) is 0. The van der Waals surface area contributed by atoms with Gasteiger partial charge in [-0.05, 0) is 35.7 Å². The van der Waals surface area contributed by atoms with Crippen LogP contribution in [0.25, 0.3) is 0 Å². The van der Waals surface area contributed by atoms with Crippen molar-refractivity contribution in [2.75, 3.05) is 33.4 Å². The number of nitrogens with zero attached hydrogens (tertiary/aromatic N) is 1. The zero-order valence-electron chi connectivity index (χ0n) is 15.8. The molecule has 27 heavy (non-hydrogen) atoms. The number of sulfonamides is 1. The minimum absolute atomic E-state index is 0.163. The Hall–Kier alpha value is -1.93. The molecule has 0 aliphatic carbocycles. The number of hydrogen-bond donors (Lipinski definition) is 1. The third kappa shape index (κ3) is 5.07. The second-order valence-electron chi connectivity index (χ2n) is 6.64. The van der Waals surface area contributed by atoms with Crippen molar-refractivity contribution in [1.82, 2.24) is 9.62 Å². The van der Waals surface area contributed by atoms with E-state index < -0.39 is 10.0 Å². The molecular formula is C20H26N2O4S. The summed E-state index contributed by atoms with van der Waals surface area (Å²) in [5.41, 5.74) is 2.96. The molecule has 0 radical (unpaired) electrons. The summed E-state index contributed by atoms with van der Waals surface area (Å²) < 4.78 is 39.0. The average Bonchev–Trinajstić information content (AvgIpc) is 2.68. The van der Waals surface area contributed by atoms with E-state index >= 15 is 0 Å². The number of ether oxygens (including phenoxy) is 2. The van der Waals surface area contributed by atoms with Gasteiger partial charge < -0.3 is 9.47 Å². The van der Waals surface area contributed by atoms with Crippen molar-refractivity contribution in [2.45, 2.75) is 24.9 Å². The minimum atomic E-state index is -3.68. The Bertz CT molecular complexity index is 877. The van der Waals surface area contributed by atoms with Crippen molar-refractivity contribution in [3.63, 3.8) is 0 Å². The Balaban J connectivity index is 1.75. The van der Waals surface area contributed by atoms with Gasteiger partial charge in [-0.3, -0.25) is 4.90 Å². The Morgan fingerprint density at radius 1 is 1.11 bits per heavy atom. The average molecular weight is 391 g/mol. The molecule has 1 aliphatic heterocycles. The molecule has 0 aromatic heterocycles. The summed E-state index contributed by atoms with van der Waals surface area (Å²) in [6.07, 6.45) is 0. The van der Waals surface area contributed by atoms with Crippen LogP contribution >= 0.6 is 0 Å². The standard InChI is InChI=1S/C20H26N2O4S/c1-16-7-8-19(25-2)20(13-16)27(23,24)21-14-17-5-3-4-6-18(17)15-22-9-11-26-12-10-22/h3-8,13,21H,9-12,14-15H2,1-2H3. The molecule has 0 saturated carbocycles. The van der Waals surface area contributed by atoms with Crippen LogP contribution in [-0.4, -0.2) is 46.7 Å². The lowest BCUT2D eigenvalue weighted by Crippen LogP contribution is -2.36. The lowest BCUT2D eigenvalue weighted by atomic mass is 10.1. The van der Waals surface area contributed by atoms with Gasteiger partial charge in [-0.2, -0.15) is 0 Å². The Labute approximate surface area is 161 Å². The summed E-state index contributed by atoms with van der Waals surface area (Å²) in [7, 11) is -2.21. The van der Waals surface area contributed by atoms with Crippen molar-refractivity contribution in [3.05, 3.63) is 59.2 Å². The van der Waals surface area contributed by atoms with Crippen LogP contribution in [0.1, 0.15) is 16.7 Å². The summed E-state index contributed by atoms with van der Waals surface area (Å²) in [5.74, 6) is 0.342. The fraction of sp³-hybridized carbons (Fsp3) is 0.400. The summed E-state index contributed by atoms with van der Waals surface area (Å²) in [6, 6.07) is 13.1. The van der Waals surface area contributed by atoms with Gasteiger partial charge in [0.2, 0.25) is 10.0 Å². The van der Waals surface area contributed by atoms with Crippen molar-refractivity contribution >= 4 is 10.0 Å². The molecule has 0 bridgehead atoms. The molecule has 2 aromatic rings. The molecule has 0 spiro atoms. The molecule has 0 amide bonds. The summed E-state index contributed by atoms with van der Waals surface area (Å²) >= 11 is 0. The first-order valence-electron chi connectivity index (χ1n) is 9.01. The number of nitrogens with one attached hydrogen (secondary N) is 1. The quantitative estimate of drug-likeness (QED) is 0.786. The maximum atomic E-state index is 12.8. The number of benzene rings is 2. The van der Waals surface area contributed by atoms with E-state index in [1.807, 2.05) is 37.3 Å². The van der Waals surface area contributed by atoms with Gasteiger partial charge in [0, 0.05) is 26.2 Å². The first kappa shape index (κ1) is 19.8. The molecule has 0 unspecified atom stereocenters. The van der Waals surface area contributed by atoms with Crippen molar-refractivity contribution in [3.8, 4) is 5.75 Å². The molecular weight excluding hydrogens is 364 g/mol. The zero-order chi connectivity index (χ0) is 19.3. The van der Waals surface area contributed by atoms with E-state index in [4.69, 9.17) is 9.47 Å². The Morgan fingerprint density at radius 2 is 1.81 bits per heavy atom. The first-order chi connectivity index (χ1) is 13.0. The molecule has 1 aliphatic rings. The molecule has 1 saturated heterocycles. The summed E-state index contributed by atoms with van der Waals surface area (Å²) in [6.45, 7) is 6.13. The number of morpholine rings is 1. The molecule has 6 nitrogen and oxygen atoms in total. The molecule has 1 fully saturated rings. The molecule has 0 atom stereocenters. The van der Waals surface area contributed by atoms with Gasteiger partial charge in [-0.25, -0.2) is 13.1 Å². The highest BCUT2D eigenvalue weighted by Crippen LogP contribution is 2.25. The maximum Gasteiger partial charge on any atom is 0.244 e. The van der Waals surface area contributed by atoms with E-state index in [0.29, 0.717) is 5.75 Å². The van der Waals surface area contributed by atoms with Gasteiger partial charge in [-0.1, -0.05) is 30.3 Å². The highest BCUT2D eigenvalue weighted by atomic mass is 32.2. The number of methoxy groups -OCH3 is 1. The summed E-state index contributed by atoms with van der Waals surface area (Å²) in [4.78, 5) is 2.48. The van der Waals surface area contributed by atoms with E-state index in [1.165, 1.54) is 7.11 Å². The predicted octanol–water partition coefficient (Wildman–Crippen LogP) is 2.31. The third-order valence-electron chi connectivity index (χ3n) is 4.68. The predicted molar refractivity (Wildman–Crippen MR) is 104 cm³/mol. The molecule has 1 heterocycles. The minimum Gasteiger partial charge on any atom is -0.495 e. The number of aryl methyl sites for hydroxylation is 1. The molecule has 1 N–H and O–H groups in total. The SMILES string of the molecule is COc1ccc(C)cc1S(=O)(=O)NCc1ccccc1CN1CCOCC1. The molecule has 2 aromatic carbocycles. The maximum absolute atomic E-state index is 12.8. The van der Waals surface area contributed by atoms with E-state index in [2.05, 4.69) is 9.62 Å². The fourth-order valence-corrected chi connectivity index (χ4v) is 4.39. The van der Waals surface area contributed by atoms with Crippen LogP contribution in [0.15, 0.2) is 47.4 Å². The lowest BCUT2D eigenvalue weighted by molar-refractivity contribution is 0.0341. The second kappa shape index (κ2) is 8.84. The number of rotatable bonds is 7. The van der Waals surface area contributed by atoms with Crippen LogP contribution in [-0.2, 0) is 27.8 Å². The smallest absolute Gasteiger partial charge is 0.244 e. The monoisotopic (exact) mass is 390 g/mol. The van der Waals surface area contributed by atoms with Crippen LogP contribution < -0.4 is 9.46 Å². The largest absolute Gasteiger partial charge is 0.495 e. The van der Waals surface area contributed by atoms with Crippen LogP contribution in [0.4, 0.5) is 0 Å². The molecule has 3 rings (SSSR count). The number of hydrogen-bond acceptors (Lipinski definition) is 5. The van der Waals surface area contributed by atoms with E-state index in [-0.39, 0.29) is 11.4 Å². The highest BCUT2D eigenvalue weighted by molar-refractivity contribution is 7.89.